The summed E-state index contributed by atoms with van der Waals surface area (Å²) in [5, 5.41) is 12.3. The van der Waals surface area contributed by atoms with Crippen LogP contribution in [0.5, 0.6) is 0 Å². The van der Waals surface area contributed by atoms with E-state index in [1.807, 2.05) is 37.3 Å². The number of carbonyl (C=O) groups is 1. The Morgan fingerprint density at radius 3 is 2.32 bits per heavy atom. The van der Waals surface area contributed by atoms with Crippen LogP contribution in [0, 0.1) is 13.8 Å². The fraction of sp³-hybridized carbons (Fsp3) is 0.381. The first-order valence-electron chi connectivity index (χ1n) is 8.78. The summed E-state index contributed by atoms with van der Waals surface area (Å²) in [5.41, 5.74) is 4.65. The molecular weight excluding hydrogens is 312 g/mol. The number of rotatable bonds is 7. The van der Waals surface area contributed by atoms with Gasteiger partial charge in [0.05, 0.1) is 12.6 Å². The first-order valence-corrected chi connectivity index (χ1v) is 8.78. The van der Waals surface area contributed by atoms with Gasteiger partial charge in [-0.25, -0.2) is 4.79 Å². The van der Waals surface area contributed by atoms with E-state index < -0.39 is 0 Å². The van der Waals surface area contributed by atoms with Crippen LogP contribution in [-0.4, -0.2) is 35.7 Å². The van der Waals surface area contributed by atoms with Crippen molar-refractivity contribution in [1.29, 1.82) is 0 Å². The standard InChI is InChI=1S/C21H28N2O2/c1-16-13-17(2)15-20(14-16)18(3)22-21(25)23(11-12-24)10-9-19-7-5-4-6-8-19/h4-8,13-15,18,24H,9-12H2,1-3H3,(H,22,25). The summed E-state index contributed by atoms with van der Waals surface area (Å²) in [6.07, 6.45) is 0.770. The van der Waals surface area contributed by atoms with E-state index in [2.05, 4.69) is 37.4 Å². The summed E-state index contributed by atoms with van der Waals surface area (Å²) < 4.78 is 0. The van der Waals surface area contributed by atoms with Crippen LogP contribution in [0.1, 0.15) is 35.2 Å². The van der Waals surface area contributed by atoms with Crippen molar-refractivity contribution in [3.63, 3.8) is 0 Å². The van der Waals surface area contributed by atoms with Crippen LogP contribution < -0.4 is 5.32 Å². The highest BCUT2D eigenvalue weighted by atomic mass is 16.3. The molecule has 2 amide bonds. The monoisotopic (exact) mass is 340 g/mol. The molecule has 2 N–H and O–H groups in total. The van der Waals surface area contributed by atoms with Gasteiger partial charge in [0.15, 0.2) is 0 Å². The highest BCUT2D eigenvalue weighted by Gasteiger charge is 2.16. The first kappa shape index (κ1) is 19.0. The predicted molar refractivity (Wildman–Crippen MR) is 102 cm³/mol. The van der Waals surface area contributed by atoms with E-state index in [0.29, 0.717) is 13.1 Å². The Morgan fingerprint density at radius 2 is 1.72 bits per heavy atom. The second kappa shape index (κ2) is 9.23. The highest BCUT2D eigenvalue weighted by Crippen LogP contribution is 2.17. The second-order valence-electron chi connectivity index (χ2n) is 6.54. The normalized spacial score (nSPS) is 11.8. The zero-order chi connectivity index (χ0) is 18.2. The quantitative estimate of drug-likeness (QED) is 0.809. The maximum Gasteiger partial charge on any atom is 0.317 e. The smallest absolute Gasteiger partial charge is 0.317 e. The van der Waals surface area contributed by atoms with Crippen LogP contribution in [0.15, 0.2) is 48.5 Å². The summed E-state index contributed by atoms with van der Waals surface area (Å²) in [6, 6.07) is 16.2. The molecule has 0 radical (unpaired) electrons. The van der Waals surface area contributed by atoms with E-state index in [0.717, 1.165) is 12.0 Å². The molecule has 0 aromatic heterocycles. The third-order valence-corrected chi connectivity index (χ3v) is 4.25. The number of aliphatic hydroxyl groups is 1. The van der Waals surface area contributed by atoms with E-state index in [1.165, 1.54) is 16.7 Å². The van der Waals surface area contributed by atoms with Crippen LogP contribution in [0.4, 0.5) is 4.79 Å². The number of aryl methyl sites for hydroxylation is 2. The predicted octanol–water partition coefficient (Wildman–Crippen LogP) is 3.61. The molecule has 2 aromatic carbocycles. The van der Waals surface area contributed by atoms with E-state index in [9.17, 15) is 9.90 Å². The van der Waals surface area contributed by atoms with Crippen LogP contribution in [-0.2, 0) is 6.42 Å². The molecule has 1 atom stereocenters. The van der Waals surface area contributed by atoms with E-state index >= 15 is 0 Å². The van der Waals surface area contributed by atoms with Gasteiger partial charge in [-0.15, -0.1) is 0 Å². The van der Waals surface area contributed by atoms with Crippen LogP contribution in [0.25, 0.3) is 0 Å². The lowest BCUT2D eigenvalue weighted by molar-refractivity contribution is 0.175. The van der Waals surface area contributed by atoms with Crippen LogP contribution in [0.3, 0.4) is 0 Å². The van der Waals surface area contributed by atoms with Gasteiger partial charge in [0, 0.05) is 13.1 Å². The summed E-state index contributed by atoms with van der Waals surface area (Å²) in [4.78, 5) is 14.3. The maximum atomic E-state index is 12.6. The SMILES string of the molecule is Cc1cc(C)cc(C(C)NC(=O)N(CCO)CCc2ccccc2)c1. The van der Waals surface area contributed by atoms with Crippen molar-refractivity contribution < 1.29 is 9.90 Å². The number of aliphatic hydroxyl groups excluding tert-OH is 1. The fourth-order valence-electron chi connectivity index (χ4n) is 2.96. The van der Waals surface area contributed by atoms with Crippen molar-refractivity contribution >= 4 is 6.03 Å². The summed E-state index contributed by atoms with van der Waals surface area (Å²) in [5.74, 6) is 0. The van der Waals surface area contributed by atoms with Crippen molar-refractivity contribution in [2.75, 3.05) is 19.7 Å². The van der Waals surface area contributed by atoms with E-state index in [4.69, 9.17) is 0 Å². The van der Waals surface area contributed by atoms with Crippen LogP contribution >= 0.6 is 0 Å². The van der Waals surface area contributed by atoms with Gasteiger partial charge in [-0.2, -0.15) is 0 Å². The third kappa shape index (κ3) is 5.91. The molecule has 0 aliphatic carbocycles. The Kier molecular flexibility index (Phi) is 7.02. The van der Waals surface area contributed by atoms with Crippen molar-refractivity contribution in [1.82, 2.24) is 10.2 Å². The number of nitrogens with zero attached hydrogens (tertiary/aromatic N) is 1. The third-order valence-electron chi connectivity index (χ3n) is 4.25. The molecule has 4 heteroatoms. The van der Waals surface area contributed by atoms with Gasteiger partial charge in [0.25, 0.3) is 0 Å². The number of carbonyl (C=O) groups excluding carboxylic acids is 1. The number of hydrogen-bond donors (Lipinski definition) is 2. The van der Waals surface area contributed by atoms with Gasteiger partial charge in [0.2, 0.25) is 0 Å². The Morgan fingerprint density at radius 1 is 1.08 bits per heavy atom. The molecule has 0 aliphatic rings. The highest BCUT2D eigenvalue weighted by molar-refractivity contribution is 5.74. The molecule has 25 heavy (non-hydrogen) atoms. The van der Waals surface area contributed by atoms with E-state index in [-0.39, 0.29) is 18.7 Å². The lowest BCUT2D eigenvalue weighted by Gasteiger charge is -2.25. The number of amides is 2. The van der Waals surface area contributed by atoms with Crippen molar-refractivity contribution in [3.8, 4) is 0 Å². The van der Waals surface area contributed by atoms with Gasteiger partial charge >= 0.3 is 6.03 Å². The Labute approximate surface area is 150 Å². The Hall–Kier alpha value is -2.33. The van der Waals surface area contributed by atoms with Gasteiger partial charge in [0.1, 0.15) is 0 Å². The van der Waals surface area contributed by atoms with Gasteiger partial charge in [-0.3, -0.25) is 0 Å². The average molecular weight is 340 g/mol. The molecule has 0 fully saturated rings. The fourth-order valence-corrected chi connectivity index (χ4v) is 2.96. The van der Waals surface area contributed by atoms with E-state index in [1.54, 1.807) is 4.90 Å². The molecule has 0 saturated heterocycles. The molecule has 2 aromatic rings. The van der Waals surface area contributed by atoms with Crippen LogP contribution in [0.2, 0.25) is 0 Å². The van der Waals surface area contributed by atoms with Crippen molar-refractivity contribution in [2.24, 2.45) is 0 Å². The van der Waals surface area contributed by atoms with Crippen molar-refractivity contribution in [3.05, 3.63) is 70.8 Å². The molecule has 134 valence electrons. The summed E-state index contributed by atoms with van der Waals surface area (Å²) in [6.45, 7) is 6.97. The molecule has 0 heterocycles. The molecule has 2 rings (SSSR count). The molecule has 0 bridgehead atoms. The number of benzene rings is 2. The molecule has 0 spiro atoms. The number of urea groups is 1. The second-order valence-corrected chi connectivity index (χ2v) is 6.54. The Balaban J connectivity index is 1.98. The minimum absolute atomic E-state index is 0.0415. The van der Waals surface area contributed by atoms with Gasteiger partial charge < -0.3 is 15.3 Å². The summed E-state index contributed by atoms with van der Waals surface area (Å²) >= 11 is 0. The molecule has 1 unspecified atom stereocenters. The lowest BCUT2D eigenvalue weighted by Crippen LogP contribution is -2.43. The number of hydrogen-bond acceptors (Lipinski definition) is 2. The topological polar surface area (TPSA) is 52.6 Å². The molecular formula is C21H28N2O2. The van der Waals surface area contributed by atoms with Gasteiger partial charge in [-0.05, 0) is 38.3 Å². The summed E-state index contributed by atoms with van der Waals surface area (Å²) in [7, 11) is 0. The largest absolute Gasteiger partial charge is 0.395 e. The zero-order valence-electron chi connectivity index (χ0n) is 15.3. The first-order chi connectivity index (χ1) is 12.0. The zero-order valence-corrected chi connectivity index (χ0v) is 15.3. The van der Waals surface area contributed by atoms with Crippen molar-refractivity contribution in [2.45, 2.75) is 33.2 Å². The molecule has 0 aliphatic heterocycles. The molecule has 4 nitrogen and oxygen atoms in total. The maximum absolute atomic E-state index is 12.6. The Bertz CT molecular complexity index is 665. The van der Waals surface area contributed by atoms with Gasteiger partial charge in [-0.1, -0.05) is 59.7 Å². The average Bonchev–Trinajstić information content (AvgIpc) is 2.58. The number of nitrogens with one attached hydrogen (secondary N) is 1. The lowest BCUT2D eigenvalue weighted by atomic mass is 10.0. The minimum Gasteiger partial charge on any atom is -0.395 e. The molecule has 0 saturated carbocycles. The minimum atomic E-state index is -0.142.